The van der Waals surface area contributed by atoms with Crippen molar-refractivity contribution in [1.29, 1.82) is 0 Å². The zero-order valence-corrected chi connectivity index (χ0v) is 17.1. The average molecular weight is 400 g/mol. The molecule has 1 aliphatic heterocycles. The Morgan fingerprint density at radius 3 is 2.30 bits per heavy atom. The van der Waals surface area contributed by atoms with Crippen LogP contribution < -0.4 is 14.4 Å². The van der Waals surface area contributed by atoms with E-state index in [1.165, 1.54) is 11.8 Å². The molecule has 2 aromatic carbocycles. The number of amides is 1. The van der Waals surface area contributed by atoms with Gasteiger partial charge in [0.25, 0.3) is 5.91 Å². The lowest BCUT2D eigenvalue weighted by Crippen LogP contribution is -2.27. The maximum atomic E-state index is 12.8. The molecule has 6 heteroatoms. The highest BCUT2D eigenvalue weighted by Crippen LogP contribution is 2.36. The summed E-state index contributed by atoms with van der Waals surface area (Å²) in [5, 5.41) is 0. The van der Waals surface area contributed by atoms with Crippen LogP contribution in [0, 0.1) is 0 Å². The van der Waals surface area contributed by atoms with Gasteiger partial charge in [0.2, 0.25) is 0 Å². The third kappa shape index (κ3) is 4.70. The van der Waals surface area contributed by atoms with Crippen molar-refractivity contribution in [1.82, 2.24) is 0 Å². The van der Waals surface area contributed by atoms with Gasteiger partial charge in [-0.15, -0.1) is 0 Å². The van der Waals surface area contributed by atoms with Gasteiger partial charge in [0.1, 0.15) is 11.5 Å². The third-order valence-electron chi connectivity index (χ3n) is 3.75. The number of anilines is 1. The Balaban J connectivity index is 1.77. The number of carbonyl (C=O) groups is 1. The monoisotopic (exact) mass is 399 g/mol. The first kappa shape index (κ1) is 19.5. The first-order valence-corrected chi connectivity index (χ1v) is 9.98. The van der Waals surface area contributed by atoms with Crippen LogP contribution in [0.4, 0.5) is 5.69 Å². The van der Waals surface area contributed by atoms with Crippen molar-refractivity contribution in [3.63, 3.8) is 0 Å². The van der Waals surface area contributed by atoms with Crippen molar-refractivity contribution in [2.75, 3.05) is 11.5 Å². The molecule has 0 bridgehead atoms. The number of rotatable bonds is 6. The lowest BCUT2D eigenvalue weighted by Gasteiger charge is -2.15. The summed E-state index contributed by atoms with van der Waals surface area (Å²) in [6, 6.07) is 15.0. The number of hydrogen-bond donors (Lipinski definition) is 0. The molecule has 0 atom stereocenters. The smallest absolute Gasteiger partial charge is 0.270 e. The maximum absolute atomic E-state index is 12.8. The summed E-state index contributed by atoms with van der Waals surface area (Å²) < 4.78 is 11.6. The fraction of sp³-hybridized carbons (Fsp3) is 0.238. The molecule has 0 spiro atoms. The Bertz CT molecular complexity index is 858. The SMILES string of the molecule is CCOc1ccc(N2C(=O)/C(=C/c3ccc(OC(C)C)cc3)SC2=S)cc1. The van der Waals surface area contributed by atoms with Gasteiger partial charge in [0.15, 0.2) is 4.32 Å². The van der Waals surface area contributed by atoms with Gasteiger partial charge in [-0.05, 0) is 68.8 Å². The third-order valence-corrected chi connectivity index (χ3v) is 5.05. The van der Waals surface area contributed by atoms with Crippen LogP contribution in [-0.4, -0.2) is 22.9 Å². The van der Waals surface area contributed by atoms with Gasteiger partial charge >= 0.3 is 0 Å². The molecule has 1 aliphatic rings. The lowest BCUT2D eigenvalue weighted by atomic mass is 10.2. The molecular formula is C21H21NO3S2. The van der Waals surface area contributed by atoms with E-state index >= 15 is 0 Å². The van der Waals surface area contributed by atoms with Gasteiger partial charge in [0.05, 0.1) is 23.3 Å². The van der Waals surface area contributed by atoms with Crippen molar-refractivity contribution >= 4 is 46.0 Å². The number of carbonyl (C=O) groups excluding carboxylic acids is 1. The predicted molar refractivity (Wildman–Crippen MR) is 115 cm³/mol. The Morgan fingerprint density at radius 2 is 1.70 bits per heavy atom. The molecule has 1 fully saturated rings. The molecule has 0 saturated carbocycles. The number of thiocarbonyl (C=S) groups is 1. The number of thioether (sulfide) groups is 1. The minimum atomic E-state index is -0.114. The fourth-order valence-corrected chi connectivity index (χ4v) is 3.91. The van der Waals surface area contributed by atoms with Crippen molar-refractivity contribution in [2.24, 2.45) is 0 Å². The van der Waals surface area contributed by atoms with Crippen LogP contribution in [0.5, 0.6) is 11.5 Å². The summed E-state index contributed by atoms with van der Waals surface area (Å²) in [7, 11) is 0. The molecule has 140 valence electrons. The van der Waals surface area contributed by atoms with Crippen molar-refractivity contribution in [2.45, 2.75) is 26.9 Å². The number of nitrogens with zero attached hydrogens (tertiary/aromatic N) is 1. The van der Waals surface area contributed by atoms with Crippen LogP contribution in [0.3, 0.4) is 0 Å². The second-order valence-electron chi connectivity index (χ2n) is 6.18. The highest BCUT2D eigenvalue weighted by Gasteiger charge is 2.33. The first-order chi connectivity index (χ1) is 13.0. The lowest BCUT2D eigenvalue weighted by molar-refractivity contribution is -0.113. The highest BCUT2D eigenvalue weighted by molar-refractivity contribution is 8.27. The summed E-state index contributed by atoms with van der Waals surface area (Å²) in [6.45, 7) is 6.51. The molecular weight excluding hydrogens is 378 g/mol. The molecule has 3 rings (SSSR count). The quantitative estimate of drug-likeness (QED) is 0.488. The van der Waals surface area contributed by atoms with E-state index < -0.39 is 0 Å². The van der Waals surface area contributed by atoms with E-state index in [0.717, 1.165) is 22.7 Å². The predicted octanol–water partition coefficient (Wildman–Crippen LogP) is 5.28. The van der Waals surface area contributed by atoms with Gasteiger partial charge < -0.3 is 9.47 Å². The van der Waals surface area contributed by atoms with E-state index in [1.807, 2.05) is 75.4 Å². The van der Waals surface area contributed by atoms with Crippen LogP contribution in [0.1, 0.15) is 26.3 Å². The van der Waals surface area contributed by atoms with Crippen LogP contribution in [-0.2, 0) is 4.79 Å². The van der Waals surface area contributed by atoms with E-state index in [9.17, 15) is 4.79 Å². The molecule has 0 aliphatic carbocycles. The number of hydrogen-bond acceptors (Lipinski definition) is 5. The second kappa shape index (κ2) is 8.59. The zero-order chi connectivity index (χ0) is 19.4. The fourth-order valence-electron chi connectivity index (χ4n) is 2.61. The largest absolute Gasteiger partial charge is 0.494 e. The minimum Gasteiger partial charge on any atom is -0.494 e. The van der Waals surface area contributed by atoms with Gasteiger partial charge in [-0.25, -0.2) is 0 Å². The Morgan fingerprint density at radius 1 is 1.07 bits per heavy atom. The summed E-state index contributed by atoms with van der Waals surface area (Å²) in [6.07, 6.45) is 1.98. The van der Waals surface area contributed by atoms with Crippen LogP contribution >= 0.6 is 24.0 Å². The topological polar surface area (TPSA) is 38.8 Å². The van der Waals surface area contributed by atoms with E-state index in [4.69, 9.17) is 21.7 Å². The summed E-state index contributed by atoms with van der Waals surface area (Å²) in [4.78, 5) is 15.0. The van der Waals surface area contributed by atoms with E-state index in [-0.39, 0.29) is 12.0 Å². The van der Waals surface area contributed by atoms with E-state index in [2.05, 4.69) is 0 Å². The second-order valence-corrected chi connectivity index (χ2v) is 7.86. The Labute approximate surface area is 169 Å². The number of ether oxygens (including phenoxy) is 2. The standard InChI is InChI=1S/C21H21NO3S2/c1-4-24-17-11-7-16(8-12-17)22-20(23)19(27-21(22)26)13-15-5-9-18(10-6-15)25-14(2)3/h5-14H,4H2,1-3H3/b19-13-. The van der Waals surface area contributed by atoms with Gasteiger partial charge in [-0.3, -0.25) is 9.69 Å². The molecule has 1 saturated heterocycles. The van der Waals surface area contributed by atoms with Gasteiger partial charge in [-0.1, -0.05) is 36.1 Å². The average Bonchev–Trinajstić information content (AvgIpc) is 2.91. The van der Waals surface area contributed by atoms with Crippen LogP contribution in [0.2, 0.25) is 0 Å². The highest BCUT2D eigenvalue weighted by atomic mass is 32.2. The molecule has 0 aromatic heterocycles. The molecule has 4 nitrogen and oxygen atoms in total. The molecule has 0 N–H and O–H groups in total. The normalized spacial score (nSPS) is 15.7. The minimum absolute atomic E-state index is 0.114. The molecule has 0 radical (unpaired) electrons. The summed E-state index contributed by atoms with van der Waals surface area (Å²) in [5.41, 5.74) is 1.67. The summed E-state index contributed by atoms with van der Waals surface area (Å²) in [5.74, 6) is 1.46. The van der Waals surface area contributed by atoms with Crippen LogP contribution in [0.15, 0.2) is 53.4 Å². The molecule has 0 unspecified atom stereocenters. The van der Waals surface area contributed by atoms with Crippen molar-refractivity contribution in [3.05, 3.63) is 59.0 Å². The van der Waals surface area contributed by atoms with Gasteiger partial charge in [0, 0.05) is 0 Å². The first-order valence-electron chi connectivity index (χ1n) is 8.75. The van der Waals surface area contributed by atoms with Crippen LogP contribution in [0.25, 0.3) is 6.08 Å². The Hall–Kier alpha value is -2.31. The molecule has 2 aromatic rings. The molecule has 1 heterocycles. The maximum Gasteiger partial charge on any atom is 0.270 e. The molecule has 27 heavy (non-hydrogen) atoms. The zero-order valence-electron chi connectivity index (χ0n) is 15.5. The van der Waals surface area contributed by atoms with Crippen molar-refractivity contribution in [3.8, 4) is 11.5 Å². The molecule has 1 amide bonds. The van der Waals surface area contributed by atoms with E-state index in [0.29, 0.717) is 15.8 Å². The van der Waals surface area contributed by atoms with E-state index in [1.54, 1.807) is 4.90 Å². The summed E-state index contributed by atoms with van der Waals surface area (Å²) >= 11 is 6.73. The number of benzene rings is 2. The Kier molecular flexibility index (Phi) is 6.19. The van der Waals surface area contributed by atoms with Crippen molar-refractivity contribution < 1.29 is 14.3 Å². The van der Waals surface area contributed by atoms with Gasteiger partial charge in [-0.2, -0.15) is 0 Å².